The minimum atomic E-state index is -0.263. The average molecular weight is 262 g/mol. The summed E-state index contributed by atoms with van der Waals surface area (Å²) in [5, 5.41) is 3.92. The minimum absolute atomic E-state index is 0.263. The lowest BCUT2D eigenvalue weighted by molar-refractivity contribution is 0.188. The second-order valence-electron chi connectivity index (χ2n) is 4.42. The Kier molecular flexibility index (Phi) is 4.59. The number of rotatable bonds is 6. The monoisotopic (exact) mass is 262 g/mol. The lowest BCUT2D eigenvalue weighted by Crippen LogP contribution is -2.11. The van der Waals surface area contributed by atoms with Crippen LogP contribution in [0.2, 0.25) is 0 Å². The molecule has 0 aromatic carbocycles. The van der Waals surface area contributed by atoms with Gasteiger partial charge < -0.3 is 15.0 Å². The Hall–Kier alpha value is -1.79. The zero-order valence-electron chi connectivity index (χ0n) is 11.2. The summed E-state index contributed by atoms with van der Waals surface area (Å²) in [4.78, 5) is 8.51. The molecule has 0 radical (unpaired) electrons. The molecule has 2 N–H and O–H groups in total. The number of pyridine rings is 1. The van der Waals surface area contributed by atoms with Crippen LogP contribution in [-0.4, -0.2) is 28.8 Å². The summed E-state index contributed by atoms with van der Waals surface area (Å²) in [6, 6.07) is 3.56. The standard InChI is InChI=1S/C13H18N4O2/c1-9-5-6-15-11(8-9)12-16-13(19-17-12)10(14)4-3-7-18-2/h5-6,8,10H,3-4,7,14H2,1-2H3. The van der Waals surface area contributed by atoms with Crippen LogP contribution in [0, 0.1) is 6.92 Å². The first-order chi connectivity index (χ1) is 9.20. The van der Waals surface area contributed by atoms with Gasteiger partial charge >= 0.3 is 0 Å². The molecule has 19 heavy (non-hydrogen) atoms. The van der Waals surface area contributed by atoms with Crippen molar-refractivity contribution in [3.05, 3.63) is 29.8 Å². The van der Waals surface area contributed by atoms with E-state index in [1.54, 1.807) is 13.3 Å². The maximum Gasteiger partial charge on any atom is 0.243 e. The smallest absolute Gasteiger partial charge is 0.243 e. The van der Waals surface area contributed by atoms with Gasteiger partial charge in [0.1, 0.15) is 5.69 Å². The summed E-state index contributed by atoms with van der Waals surface area (Å²) in [6.07, 6.45) is 3.33. The van der Waals surface area contributed by atoms with Gasteiger partial charge in [0.05, 0.1) is 6.04 Å². The van der Waals surface area contributed by atoms with Crippen molar-refractivity contribution in [3.63, 3.8) is 0 Å². The summed E-state index contributed by atoms with van der Waals surface area (Å²) in [5.41, 5.74) is 7.78. The van der Waals surface area contributed by atoms with Gasteiger partial charge in [0, 0.05) is 19.9 Å². The zero-order valence-corrected chi connectivity index (χ0v) is 11.2. The lowest BCUT2D eigenvalue weighted by atomic mass is 10.2. The normalized spacial score (nSPS) is 12.6. The molecule has 0 aliphatic heterocycles. The third kappa shape index (κ3) is 3.59. The average Bonchev–Trinajstić information content (AvgIpc) is 2.88. The van der Waals surface area contributed by atoms with E-state index in [4.69, 9.17) is 15.0 Å². The molecule has 1 atom stereocenters. The highest BCUT2D eigenvalue weighted by Crippen LogP contribution is 2.18. The first-order valence-electron chi connectivity index (χ1n) is 6.22. The largest absolute Gasteiger partial charge is 0.385 e. The van der Waals surface area contributed by atoms with Gasteiger partial charge in [0.15, 0.2) is 0 Å². The van der Waals surface area contributed by atoms with Gasteiger partial charge in [0.25, 0.3) is 0 Å². The van der Waals surface area contributed by atoms with Crippen LogP contribution in [0.15, 0.2) is 22.9 Å². The van der Waals surface area contributed by atoms with E-state index in [2.05, 4.69) is 15.1 Å². The van der Waals surface area contributed by atoms with Crippen LogP contribution in [0.5, 0.6) is 0 Å². The summed E-state index contributed by atoms with van der Waals surface area (Å²) in [6.45, 7) is 2.66. The van der Waals surface area contributed by atoms with Gasteiger partial charge in [-0.2, -0.15) is 4.98 Å². The third-order valence-corrected chi connectivity index (χ3v) is 2.77. The van der Waals surface area contributed by atoms with Crippen molar-refractivity contribution in [2.75, 3.05) is 13.7 Å². The topological polar surface area (TPSA) is 87.1 Å². The van der Waals surface area contributed by atoms with E-state index >= 15 is 0 Å². The van der Waals surface area contributed by atoms with Gasteiger partial charge in [0.2, 0.25) is 11.7 Å². The number of nitrogens with zero attached hydrogens (tertiary/aromatic N) is 3. The highest BCUT2D eigenvalue weighted by atomic mass is 16.5. The zero-order chi connectivity index (χ0) is 13.7. The molecule has 2 aromatic heterocycles. The van der Waals surface area contributed by atoms with Crippen molar-refractivity contribution in [3.8, 4) is 11.5 Å². The number of ether oxygens (including phenoxy) is 1. The molecule has 0 saturated heterocycles. The fourth-order valence-electron chi connectivity index (χ4n) is 1.72. The van der Waals surface area contributed by atoms with Gasteiger partial charge in [-0.3, -0.25) is 4.98 Å². The Labute approximate surface area is 112 Å². The van der Waals surface area contributed by atoms with Crippen LogP contribution in [-0.2, 0) is 4.74 Å². The van der Waals surface area contributed by atoms with Crippen LogP contribution in [0.3, 0.4) is 0 Å². The Morgan fingerprint density at radius 2 is 2.32 bits per heavy atom. The van der Waals surface area contributed by atoms with Crippen molar-refractivity contribution in [1.29, 1.82) is 0 Å². The third-order valence-electron chi connectivity index (χ3n) is 2.77. The molecule has 0 fully saturated rings. The lowest BCUT2D eigenvalue weighted by Gasteiger charge is -2.04. The summed E-state index contributed by atoms with van der Waals surface area (Å²) < 4.78 is 10.2. The fraction of sp³-hybridized carbons (Fsp3) is 0.462. The molecule has 0 saturated carbocycles. The van der Waals surface area contributed by atoms with E-state index in [0.29, 0.717) is 24.0 Å². The first kappa shape index (κ1) is 13.6. The van der Waals surface area contributed by atoms with Gasteiger partial charge in [-0.15, -0.1) is 0 Å². The molecule has 0 aliphatic rings. The van der Waals surface area contributed by atoms with Crippen molar-refractivity contribution < 1.29 is 9.26 Å². The molecular formula is C13H18N4O2. The molecule has 102 valence electrons. The van der Waals surface area contributed by atoms with Gasteiger partial charge in [-0.25, -0.2) is 0 Å². The Bertz CT molecular complexity index is 527. The molecule has 6 nitrogen and oxygen atoms in total. The fourth-order valence-corrected chi connectivity index (χ4v) is 1.72. The van der Waals surface area contributed by atoms with E-state index in [1.165, 1.54) is 0 Å². The second kappa shape index (κ2) is 6.40. The van der Waals surface area contributed by atoms with E-state index < -0.39 is 0 Å². The van der Waals surface area contributed by atoms with Gasteiger partial charge in [-0.05, 0) is 37.5 Å². The van der Waals surface area contributed by atoms with E-state index in [-0.39, 0.29) is 6.04 Å². The van der Waals surface area contributed by atoms with Crippen LogP contribution >= 0.6 is 0 Å². The molecule has 0 bridgehead atoms. The molecular weight excluding hydrogens is 244 g/mol. The van der Waals surface area contributed by atoms with Crippen LogP contribution in [0.4, 0.5) is 0 Å². The summed E-state index contributed by atoms with van der Waals surface area (Å²) >= 11 is 0. The highest BCUT2D eigenvalue weighted by Gasteiger charge is 2.16. The molecule has 2 rings (SSSR count). The van der Waals surface area contributed by atoms with Crippen LogP contribution < -0.4 is 5.73 Å². The van der Waals surface area contributed by atoms with Crippen molar-refractivity contribution in [2.24, 2.45) is 5.73 Å². The van der Waals surface area contributed by atoms with E-state index in [0.717, 1.165) is 18.4 Å². The SMILES string of the molecule is COCCCC(N)c1nc(-c2cc(C)ccn2)no1. The minimum Gasteiger partial charge on any atom is -0.385 e. The maximum atomic E-state index is 5.98. The molecule has 6 heteroatoms. The van der Waals surface area contributed by atoms with E-state index in [1.807, 2.05) is 19.1 Å². The summed E-state index contributed by atoms with van der Waals surface area (Å²) in [7, 11) is 1.67. The Morgan fingerprint density at radius 3 is 3.05 bits per heavy atom. The molecule has 2 aromatic rings. The van der Waals surface area contributed by atoms with Crippen molar-refractivity contribution in [1.82, 2.24) is 15.1 Å². The Morgan fingerprint density at radius 1 is 1.47 bits per heavy atom. The second-order valence-corrected chi connectivity index (χ2v) is 4.42. The van der Waals surface area contributed by atoms with E-state index in [9.17, 15) is 0 Å². The summed E-state index contributed by atoms with van der Waals surface area (Å²) in [5.74, 6) is 0.912. The molecule has 0 aliphatic carbocycles. The maximum absolute atomic E-state index is 5.98. The number of nitrogens with two attached hydrogens (primary N) is 1. The first-order valence-corrected chi connectivity index (χ1v) is 6.22. The van der Waals surface area contributed by atoms with Crippen molar-refractivity contribution >= 4 is 0 Å². The number of aryl methyl sites for hydroxylation is 1. The quantitative estimate of drug-likeness (QED) is 0.799. The number of aromatic nitrogens is 3. The molecule has 2 heterocycles. The van der Waals surface area contributed by atoms with Gasteiger partial charge in [-0.1, -0.05) is 5.16 Å². The number of methoxy groups -OCH3 is 1. The molecule has 0 amide bonds. The highest BCUT2D eigenvalue weighted by molar-refractivity contribution is 5.48. The van der Waals surface area contributed by atoms with Crippen LogP contribution in [0.1, 0.15) is 30.3 Å². The van der Waals surface area contributed by atoms with Crippen molar-refractivity contribution in [2.45, 2.75) is 25.8 Å². The predicted molar refractivity (Wildman–Crippen MR) is 70.3 cm³/mol. The molecule has 0 spiro atoms. The molecule has 1 unspecified atom stereocenters. The Balaban J connectivity index is 2.06. The van der Waals surface area contributed by atoms with Crippen LogP contribution in [0.25, 0.3) is 11.5 Å². The number of hydrogen-bond donors (Lipinski definition) is 1. The number of hydrogen-bond acceptors (Lipinski definition) is 6. The predicted octanol–water partition coefficient (Wildman–Crippen LogP) is 1.87.